The molecule has 0 radical (unpaired) electrons. The molecule has 0 saturated carbocycles. The van der Waals surface area contributed by atoms with Gasteiger partial charge >= 0.3 is 0 Å². The number of ether oxygens (including phenoxy) is 1. The predicted molar refractivity (Wildman–Crippen MR) is 92.8 cm³/mol. The maximum Gasteiger partial charge on any atom is 0.242 e. The van der Waals surface area contributed by atoms with E-state index in [9.17, 15) is 9.59 Å². The van der Waals surface area contributed by atoms with Gasteiger partial charge in [0, 0.05) is 12.5 Å². The summed E-state index contributed by atoms with van der Waals surface area (Å²) in [5, 5.41) is 5.47. The molecule has 0 aliphatic carbocycles. The molecule has 24 heavy (non-hydrogen) atoms. The zero-order valence-electron chi connectivity index (χ0n) is 14.1. The minimum atomic E-state index is -0.591. The van der Waals surface area contributed by atoms with Crippen LogP contribution in [-0.4, -0.2) is 17.9 Å². The number of amides is 2. The Morgan fingerprint density at radius 1 is 0.917 bits per heavy atom. The number of benzene rings is 2. The molecule has 2 aromatic rings. The third-order valence-electron chi connectivity index (χ3n) is 3.53. The lowest BCUT2D eigenvalue weighted by Crippen LogP contribution is -2.44. The molecule has 2 amide bonds. The van der Waals surface area contributed by atoms with Crippen LogP contribution in [0.5, 0.6) is 11.5 Å². The average molecular weight is 326 g/mol. The first-order valence-corrected chi connectivity index (χ1v) is 7.86. The van der Waals surface area contributed by atoms with E-state index in [2.05, 4.69) is 10.6 Å². The van der Waals surface area contributed by atoms with E-state index in [0.29, 0.717) is 5.75 Å². The van der Waals surface area contributed by atoms with Crippen LogP contribution in [0.2, 0.25) is 0 Å². The van der Waals surface area contributed by atoms with Gasteiger partial charge in [0.25, 0.3) is 0 Å². The summed E-state index contributed by atoms with van der Waals surface area (Å²) in [6.45, 7) is 4.91. The highest BCUT2D eigenvalue weighted by molar-refractivity contribution is 5.86. The van der Waals surface area contributed by atoms with E-state index in [1.807, 2.05) is 61.5 Å². The van der Waals surface area contributed by atoms with Crippen LogP contribution in [0.15, 0.2) is 54.6 Å². The fourth-order valence-corrected chi connectivity index (χ4v) is 2.33. The second kappa shape index (κ2) is 8.15. The smallest absolute Gasteiger partial charge is 0.242 e. The molecule has 5 nitrogen and oxygen atoms in total. The maximum atomic E-state index is 12.2. The van der Waals surface area contributed by atoms with Crippen LogP contribution in [-0.2, 0) is 9.59 Å². The van der Waals surface area contributed by atoms with Crippen molar-refractivity contribution in [3.63, 3.8) is 0 Å². The molecule has 126 valence electrons. The van der Waals surface area contributed by atoms with Crippen LogP contribution in [0.3, 0.4) is 0 Å². The number of nitrogens with one attached hydrogen (secondary N) is 2. The lowest BCUT2D eigenvalue weighted by atomic mass is 10.1. The minimum absolute atomic E-state index is 0.238. The van der Waals surface area contributed by atoms with Gasteiger partial charge in [-0.15, -0.1) is 0 Å². The Morgan fingerprint density at radius 2 is 1.54 bits per heavy atom. The topological polar surface area (TPSA) is 67.4 Å². The monoisotopic (exact) mass is 326 g/mol. The fraction of sp³-hybridized carbons (Fsp3) is 0.263. The van der Waals surface area contributed by atoms with E-state index in [1.165, 1.54) is 6.92 Å². The van der Waals surface area contributed by atoms with E-state index >= 15 is 0 Å². The van der Waals surface area contributed by atoms with Gasteiger partial charge in [-0.3, -0.25) is 9.59 Å². The van der Waals surface area contributed by atoms with Crippen LogP contribution in [0, 0.1) is 0 Å². The van der Waals surface area contributed by atoms with Gasteiger partial charge in [0.05, 0.1) is 6.04 Å². The lowest BCUT2D eigenvalue weighted by Gasteiger charge is -2.20. The molecule has 0 aliphatic heterocycles. The Kier molecular flexibility index (Phi) is 5.95. The standard InChI is InChI=1S/C19H22N2O3/c1-13(21-19(23)14(2)20-15(3)22)17-11-7-8-12-18(17)24-16-9-5-4-6-10-16/h4-14H,1-3H3,(H,20,22)(H,21,23)/t13-,14+/m0/s1. The molecule has 0 unspecified atom stereocenters. The van der Waals surface area contributed by atoms with E-state index in [-0.39, 0.29) is 17.9 Å². The van der Waals surface area contributed by atoms with Crippen LogP contribution in [0.4, 0.5) is 0 Å². The first-order chi connectivity index (χ1) is 11.5. The Bertz CT molecular complexity index is 701. The van der Waals surface area contributed by atoms with Crippen molar-refractivity contribution in [3.8, 4) is 11.5 Å². The summed E-state index contributed by atoms with van der Waals surface area (Å²) < 4.78 is 5.92. The molecule has 0 spiro atoms. The molecule has 2 N–H and O–H groups in total. The second-order valence-corrected chi connectivity index (χ2v) is 5.61. The van der Waals surface area contributed by atoms with Gasteiger partial charge in [0.15, 0.2) is 0 Å². The molecule has 0 aliphatic rings. The quantitative estimate of drug-likeness (QED) is 0.857. The Labute approximate surface area is 142 Å². The third kappa shape index (κ3) is 4.84. The van der Waals surface area contributed by atoms with Crippen molar-refractivity contribution in [2.75, 3.05) is 0 Å². The molecule has 2 rings (SSSR count). The second-order valence-electron chi connectivity index (χ2n) is 5.61. The molecule has 0 saturated heterocycles. The van der Waals surface area contributed by atoms with Crippen LogP contribution in [0.1, 0.15) is 32.4 Å². The number of hydrogen-bond acceptors (Lipinski definition) is 3. The summed E-state index contributed by atoms with van der Waals surface area (Å²) >= 11 is 0. The zero-order chi connectivity index (χ0) is 17.5. The fourth-order valence-electron chi connectivity index (χ4n) is 2.33. The van der Waals surface area contributed by atoms with Gasteiger partial charge in [0.1, 0.15) is 17.5 Å². The van der Waals surface area contributed by atoms with Gasteiger partial charge in [-0.25, -0.2) is 0 Å². The van der Waals surface area contributed by atoms with Crippen molar-refractivity contribution in [1.82, 2.24) is 10.6 Å². The molecular formula is C19H22N2O3. The largest absolute Gasteiger partial charge is 0.457 e. The number of hydrogen-bond donors (Lipinski definition) is 2. The number of rotatable bonds is 6. The van der Waals surface area contributed by atoms with Crippen molar-refractivity contribution >= 4 is 11.8 Å². The summed E-state index contributed by atoms with van der Waals surface area (Å²) in [6, 6.07) is 16.2. The first kappa shape index (κ1) is 17.5. The molecule has 2 aromatic carbocycles. The molecule has 2 atom stereocenters. The minimum Gasteiger partial charge on any atom is -0.457 e. The summed E-state index contributed by atoms with van der Waals surface area (Å²) in [4.78, 5) is 23.2. The summed E-state index contributed by atoms with van der Waals surface area (Å²) in [5.41, 5.74) is 0.865. The number of carbonyl (C=O) groups is 2. The Morgan fingerprint density at radius 3 is 2.21 bits per heavy atom. The van der Waals surface area contributed by atoms with Gasteiger partial charge in [-0.05, 0) is 32.0 Å². The van der Waals surface area contributed by atoms with Crippen molar-refractivity contribution in [2.24, 2.45) is 0 Å². The van der Waals surface area contributed by atoms with Gasteiger partial charge in [-0.2, -0.15) is 0 Å². The molecule has 0 aromatic heterocycles. The lowest BCUT2D eigenvalue weighted by molar-refractivity contribution is -0.128. The first-order valence-electron chi connectivity index (χ1n) is 7.86. The van der Waals surface area contributed by atoms with Crippen LogP contribution < -0.4 is 15.4 Å². The van der Waals surface area contributed by atoms with Crippen LogP contribution in [0.25, 0.3) is 0 Å². The van der Waals surface area contributed by atoms with Crippen molar-refractivity contribution in [2.45, 2.75) is 32.9 Å². The Hall–Kier alpha value is -2.82. The van der Waals surface area contributed by atoms with Crippen molar-refractivity contribution < 1.29 is 14.3 Å². The average Bonchev–Trinajstić information content (AvgIpc) is 2.55. The van der Waals surface area contributed by atoms with Crippen molar-refractivity contribution in [1.29, 1.82) is 0 Å². The zero-order valence-corrected chi connectivity index (χ0v) is 14.1. The maximum absolute atomic E-state index is 12.2. The summed E-state index contributed by atoms with van der Waals surface area (Å²) in [5.74, 6) is 0.934. The molecule has 5 heteroatoms. The van der Waals surface area contributed by atoms with Gasteiger partial charge in [0.2, 0.25) is 11.8 Å². The summed E-state index contributed by atoms with van der Waals surface area (Å²) in [7, 11) is 0. The number of carbonyl (C=O) groups excluding carboxylic acids is 2. The van der Waals surface area contributed by atoms with E-state index in [1.54, 1.807) is 6.92 Å². The SMILES string of the molecule is CC(=O)N[C@H](C)C(=O)N[C@@H](C)c1ccccc1Oc1ccccc1. The Balaban J connectivity index is 2.11. The predicted octanol–water partition coefficient (Wildman–Crippen LogP) is 3.18. The third-order valence-corrected chi connectivity index (χ3v) is 3.53. The highest BCUT2D eigenvalue weighted by atomic mass is 16.5. The van der Waals surface area contributed by atoms with Crippen molar-refractivity contribution in [3.05, 3.63) is 60.2 Å². The molecule has 0 heterocycles. The normalized spacial score (nSPS) is 12.8. The number of para-hydroxylation sites is 2. The molecular weight excluding hydrogens is 304 g/mol. The molecule has 0 fully saturated rings. The van der Waals surface area contributed by atoms with Gasteiger partial charge < -0.3 is 15.4 Å². The van der Waals surface area contributed by atoms with E-state index in [4.69, 9.17) is 4.74 Å². The highest BCUT2D eigenvalue weighted by Crippen LogP contribution is 2.29. The van der Waals surface area contributed by atoms with E-state index in [0.717, 1.165) is 11.3 Å². The molecule has 0 bridgehead atoms. The summed E-state index contributed by atoms with van der Waals surface area (Å²) in [6.07, 6.45) is 0. The highest BCUT2D eigenvalue weighted by Gasteiger charge is 2.19. The van der Waals surface area contributed by atoms with Gasteiger partial charge in [-0.1, -0.05) is 36.4 Å². The van der Waals surface area contributed by atoms with Crippen LogP contribution >= 0.6 is 0 Å². The van der Waals surface area contributed by atoms with E-state index < -0.39 is 6.04 Å².